The predicted molar refractivity (Wildman–Crippen MR) is 108 cm³/mol. The van der Waals surface area contributed by atoms with Crippen molar-refractivity contribution in [1.29, 1.82) is 0 Å². The fraction of sp³-hybridized carbons (Fsp3) is 0.278. The van der Waals surface area contributed by atoms with Crippen molar-refractivity contribution in [1.82, 2.24) is 10.6 Å². The van der Waals surface area contributed by atoms with E-state index in [1.807, 2.05) is 36.4 Å². The number of para-hydroxylation sites is 1. The van der Waals surface area contributed by atoms with Gasteiger partial charge in [-0.05, 0) is 18.2 Å². The maximum absolute atomic E-state index is 5.35. The van der Waals surface area contributed by atoms with Crippen LogP contribution in [0.15, 0.2) is 64.7 Å². The van der Waals surface area contributed by atoms with E-state index in [-0.39, 0.29) is 24.0 Å². The van der Waals surface area contributed by atoms with Gasteiger partial charge in [-0.2, -0.15) is 0 Å². The lowest BCUT2D eigenvalue weighted by atomic mass is 10.2. The molecule has 0 atom stereocenters. The van der Waals surface area contributed by atoms with Crippen molar-refractivity contribution in [2.75, 3.05) is 20.2 Å². The number of methoxy groups -OCH3 is 1. The van der Waals surface area contributed by atoms with Gasteiger partial charge in [-0.15, -0.1) is 30.6 Å². The largest absolute Gasteiger partial charge is 0.496 e. The van der Waals surface area contributed by atoms with Gasteiger partial charge in [0.15, 0.2) is 5.96 Å². The minimum atomic E-state index is 0. The van der Waals surface area contributed by atoms with Crippen LogP contribution in [0.1, 0.15) is 11.3 Å². The molecule has 1 heterocycles. The quantitative estimate of drug-likeness (QED) is 0.286. The third kappa shape index (κ3) is 6.66. The molecule has 0 saturated carbocycles. The zero-order valence-corrected chi connectivity index (χ0v) is 16.2. The summed E-state index contributed by atoms with van der Waals surface area (Å²) in [4.78, 5) is 4.59. The van der Waals surface area contributed by atoms with Crippen LogP contribution in [-0.2, 0) is 13.0 Å². The van der Waals surface area contributed by atoms with Gasteiger partial charge in [-0.1, -0.05) is 24.3 Å². The van der Waals surface area contributed by atoms with Crippen molar-refractivity contribution in [3.8, 4) is 5.75 Å². The second-order valence-corrected chi connectivity index (χ2v) is 4.90. The molecule has 24 heavy (non-hydrogen) atoms. The van der Waals surface area contributed by atoms with Gasteiger partial charge >= 0.3 is 0 Å². The van der Waals surface area contributed by atoms with Crippen LogP contribution in [0.2, 0.25) is 0 Å². The summed E-state index contributed by atoms with van der Waals surface area (Å²) in [5.41, 5.74) is 1.04. The number of ether oxygens (including phenoxy) is 1. The van der Waals surface area contributed by atoms with Gasteiger partial charge in [0.25, 0.3) is 0 Å². The number of rotatable bonds is 8. The van der Waals surface area contributed by atoms with Crippen LogP contribution in [0.4, 0.5) is 0 Å². The lowest BCUT2D eigenvalue weighted by molar-refractivity contribution is 0.410. The van der Waals surface area contributed by atoms with Gasteiger partial charge in [0.2, 0.25) is 0 Å². The molecule has 0 bridgehead atoms. The van der Waals surface area contributed by atoms with E-state index in [0.717, 1.165) is 36.0 Å². The fourth-order valence-electron chi connectivity index (χ4n) is 2.10. The van der Waals surface area contributed by atoms with Crippen molar-refractivity contribution < 1.29 is 9.15 Å². The molecule has 1 aromatic carbocycles. The Morgan fingerprint density at radius 2 is 2.08 bits per heavy atom. The Morgan fingerprint density at radius 3 is 2.79 bits per heavy atom. The van der Waals surface area contributed by atoms with Crippen LogP contribution < -0.4 is 15.4 Å². The standard InChI is InChI=1S/C18H23N3O2.HI/c1-3-11-19-18(20-12-10-16-8-6-13-23-16)21-14-15-7-4-5-9-17(15)22-2;/h3-9,13H,1,10-12,14H2,2H3,(H2,19,20,21);1H. The molecule has 0 saturated heterocycles. The highest BCUT2D eigenvalue weighted by molar-refractivity contribution is 14.0. The van der Waals surface area contributed by atoms with Crippen molar-refractivity contribution in [2.24, 2.45) is 4.99 Å². The monoisotopic (exact) mass is 441 g/mol. The van der Waals surface area contributed by atoms with Crippen LogP contribution in [0, 0.1) is 0 Å². The minimum absolute atomic E-state index is 0. The second kappa shape index (κ2) is 11.6. The maximum atomic E-state index is 5.35. The van der Waals surface area contributed by atoms with E-state index < -0.39 is 0 Å². The topological polar surface area (TPSA) is 58.8 Å². The van der Waals surface area contributed by atoms with Crippen LogP contribution in [0.3, 0.4) is 0 Å². The van der Waals surface area contributed by atoms with E-state index >= 15 is 0 Å². The number of benzene rings is 1. The number of furan rings is 1. The van der Waals surface area contributed by atoms with Crippen LogP contribution >= 0.6 is 24.0 Å². The third-order valence-electron chi connectivity index (χ3n) is 3.26. The first-order chi connectivity index (χ1) is 11.3. The third-order valence-corrected chi connectivity index (χ3v) is 3.26. The lowest BCUT2D eigenvalue weighted by Crippen LogP contribution is -2.38. The van der Waals surface area contributed by atoms with E-state index in [9.17, 15) is 0 Å². The Bertz CT molecular complexity index is 627. The van der Waals surface area contributed by atoms with Crippen molar-refractivity contribution in [2.45, 2.75) is 13.0 Å². The van der Waals surface area contributed by atoms with Gasteiger partial charge in [-0.3, -0.25) is 0 Å². The first kappa shape index (κ1) is 20.1. The van der Waals surface area contributed by atoms with E-state index in [2.05, 4.69) is 22.2 Å². The highest BCUT2D eigenvalue weighted by Crippen LogP contribution is 2.17. The molecular formula is C18H24IN3O2. The summed E-state index contributed by atoms with van der Waals surface area (Å²) in [6, 6.07) is 11.7. The molecule has 2 N–H and O–H groups in total. The highest BCUT2D eigenvalue weighted by Gasteiger charge is 2.03. The van der Waals surface area contributed by atoms with Crippen molar-refractivity contribution in [3.63, 3.8) is 0 Å². The van der Waals surface area contributed by atoms with Gasteiger partial charge in [0.1, 0.15) is 11.5 Å². The first-order valence-electron chi connectivity index (χ1n) is 7.61. The summed E-state index contributed by atoms with van der Waals surface area (Å²) in [6.07, 6.45) is 4.28. The number of aliphatic imine (C=N–C) groups is 1. The maximum Gasteiger partial charge on any atom is 0.191 e. The lowest BCUT2D eigenvalue weighted by Gasteiger charge is -2.12. The summed E-state index contributed by atoms with van der Waals surface area (Å²) in [7, 11) is 1.67. The Kier molecular flexibility index (Phi) is 9.67. The SMILES string of the molecule is C=CCNC(=NCc1ccccc1OC)NCCc1ccco1.I. The van der Waals surface area contributed by atoms with Crippen LogP contribution in [0.25, 0.3) is 0 Å². The highest BCUT2D eigenvalue weighted by atomic mass is 127. The summed E-state index contributed by atoms with van der Waals surface area (Å²) in [5.74, 6) is 2.53. The van der Waals surface area contributed by atoms with Gasteiger partial charge in [-0.25, -0.2) is 4.99 Å². The molecule has 5 nitrogen and oxygen atoms in total. The Balaban J connectivity index is 0.00000288. The molecule has 130 valence electrons. The first-order valence-corrected chi connectivity index (χ1v) is 7.61. The Hall–Kier alpha value is -1.96. The number of hydrogen-bond acceptors (Lipinski definition) is 3. The molecular weight excluding hydrogens is 417 g/mol. The average molecular weight is 441 g/mol. The molecule has 0 spiro atoms. The Morgan fingerprint density at radius 1 is 1.25 bits per heavy atom. The molecule has 6 heteroatoms. The molecule has 1 aromatic heterocycles. The minimum Gasteiger partial charge on any atom is -0.496 e. The molecule has 0 aliphatic heterocycles. The van der Waals surface area contributed by atoms with Crippen molar-refractivity contribution >= 4 is 29.9 Å². The summed E-state index contributed by atoms with van der Waals surface area (Å²) in [6.45, 7) is 5.65. The zero-order chi connectivity index (χ0) is 16.3. The summed E-state index contributed by atoms with van der Waals surface area (Å²) < 4.78 is 10.7. The molecule has 0 amide bonds. The average Bonchev–Trinajstić information content (AvgIpc) is 3.10. The van der Waals surface area contributed by atoms with E-state index in [1.165, 1.54) is 0 Å². The van der Waals surface area contributed by atoms with Crippen molar-refractivity contribution in [3.05, 3.63) is 66.6 Å². The number of nitrogens with zero attached hydrogens (tertiary/aromatic N) is 1. The number of hydrogen-bond donors (Lipinski definition) is 2. The van der Waals surface area contributed by atoms with Gasteiger partial charge in [0.05, 0.1) is 19.9 Å². The molecule has 2 rings (SSSR count). The summed E-state index contributed by atoms with van der Waals surface area (Å²) >= 11 is 0. The number of halogens is 1. The molecule has 0 aliphatic carbocycles. The summed E-state index contributed by atoms with van der Waals surface area (Å²) in [5, 5.41) is 6.50. The Labute approximate surface area is 160 Å². The predicted octanol–water partition coefficient (Wildman–Crippen LogP) is 3.37. The molecule has 0 unspecified atom stereocenters. The van der Waals surface area contributed by atoms with Crippen LogP contribution in [-0.4, -0.2) is 26.2 Å². The second-order valence-electron chi connectivity index (χ2n) is 4.90. The molecule has 0 fully saturated rings. The molecule has 0 radical (unpaired) electrons. The van der Waals surface area contributed by atoms with Crippen LogP contribution in [0.5, 0.6) is 5.75 Å². The van der Waals surface area contributed by atoms with E-state index in [4.69, 9.17) is 9.15 Å². The number of guanidine groups is 1. The molecule has 0 aliphatic rings. The fourth-order valence-corrected chi connectivity index (χ4v) is 2.10. The van der Waals surface area contributed by atoms with Gasteiger partial charge in [0, 0.05) is 25.1 Å². The van der Waals surface area contributed by atoms with E-state index in [0.29, 0.717) is 13.1 Å². The van der Waals surface area contributed by atoms with Gasteiger partial charge < -0.3 is 19.8 Å². The smallest absolute Gasteiger partial charge is 0.191 e. The number of nitrogens with one attached hydrogen (secondary N) is 2. The normalized spacial score (nSPS) is 10.6. The van der Waals surface area contributed by atoms with E-state index in [1.54, 1.807) is 19.4 Å². The molecule has 2 aromatic rings. The zero-order valence-electron chi connectivity index (χ0n) is 13.8.